The number of ether oxygens (including phenoxy) is 5. The maximum atomic E-state index is 11.4. The second-order valence-corrected chi connectivity index (χ2v) is 5.58. The lowest BCUT2D eigenvalue weighted by molar-refractivity contribution is -0.220. The highest BCUT2D eigenvalue weighted by Crippen LogP contribution is 2.23. The summed E-state index contributed by atoms with van der Waals surface area (Å²) >= 11 is 0. The van der Waals surface area contributed by atoms with E-state index >= 15 is 0 Å². The van der Waals surface area contributed by atoms with E-state index in [4.69, 9.17) is 29.4 Å². The van der Waals surface area contributed by atoms with Gasteiger partial charge in [-0.1, -0.05) is 0 Å². The molecule has 0 radical (unpaired) electrons. The van der Waals surface area contributed by atoms with Gasteiger partial charge in [0.1, 0.15) is 18.2 Å². The van der Waals surface area contributed by atoms with Crippen molar-refractivity contribution >= 4 is 23.9 Å². The molecule has 0 aliphatic carbocycles. The van der Waals surface area contributed by atoms with E-state index in [0.29, 0.717) is 0 Å². The van der Waals surface area contributed by atoms with Crippen LogP contribution in [0.15, 0.2) is 0 Å². The first kappa shape index (κ1) is 20.8. The normalized spacial score (nSPS) is 29.6. The SMILES string of the molecule is CC(=O)OC1CO[C@@H](OC(C)=O)C(N)C(OC(C)=O)[C@H](OC(C)=O)C1. The minimum Gasteiger partial charge on any atom is -0.460 e. The van der Waals surface area contributed by atoms with Crippen molar-refractivity contribution in [2.45, 2.75) is 64.8 Å². The molecule has 0 amide bonds. The number of carbonyl (C=O) groups is 4. The average molecular weight is 361 g/mol. The minimum atomic E-state index is -1.28. The van der Waals surface area contributed by atoms with Crippen LogP contribution in [0, 0.1) is 0 Å². The van der Waals surface area contributed by atoms with Crippen molar-refractivity contribution < 1.29 is 42.9 Å². The predicted octanol–water partition coefficient (Wildman–Crippen LogP) is -0.582. The fourth-order valence-electron chi connectivity index (χ4n) is 2.44. The van der Waals surface area contributed by atoms with E-state index in [0.717, 1.165) is 13.8 Å². The Hall–Kier alpha value is -2.20. The van der Waals surface area contributed by atoms with Crippen molar-refractivity contribution in [2.75, 3.05) is 6.61 Å². The molecule has 1 aliphatic rings. The summed E-state index contributed by atoms with van der Waals surface area (Å²) in [4.78, 5) is 45.3. The van der Waals surface area contributed by atoms with Gasteiger partial charge in [-0.2, -0.15) is 0 Å². The van der Waals surface area contributed by atoms with Crippen LogP contribution in [0.5, 0.6) is 0 Å². The van der Waals surface area contributed by atoms with Crippen LogP contribution in [0.25, 0.3) is 0 Å². The number of esters is 4. The second-order valence-electron chi connectivity index (χ2n) is 5.58. The van der Waals surface area contributed by atoms with Crippen molar-refractivity contribution in [2.24, 2.45) is 5.73 Å². The zero-order chi connectivity index (χ0) is 19.1. The van der Waals surface area contributed by atoms with Crippen LogP contribution in [0.2, 0.25) is 0 Å². The van der Waals surface area contributed by atoms with E-state index in [-0.39, 0.29) is 13.0 Å². The first-order valence-electron chi connectivity index (χ1n) is 7.66. The molecule has 1 fully saturated rings. The van der Waals surface area contributed by atoms with E-state index in [1.165, 1.54) is 13.8 Å². The molecule has 1 saturated heterocycles. The molecule has 1 aliphatic heterocycles. The summed E-state index contributed by atoms with van der Waals surface area (Å²) in [6.07, 6.45) is -4.27. The molecule has 3 unspecified atom stereocenters. The minimum absolute atomic E-state index is 0.00238. The molecule has 0 saturated carbocycles. The van der Waals surface area contributed by atoms with Crippen LogP contribution in [0.4, 0.5) is 0 Å². The molecule has 5 atom stereocenters. The Kier molecular flexibility index (Phi) is 7.78. The van der Waals surface area contributed by atoms with Crippen LogP contribution in [-0.2, 0) is 42.9 Å². The molecule has 0 bridgehead atoms. The molecule has 0 aromatic heterocycles. The Morgan fingerprint density at radius 2 is 1.36 bits per heavy atom. The summed E-state index contributed by atoms with van der Waals surface area (Å²) in [5.74, 6) is -2.56. The highest BCUT2D eigenvalue weighted by atomic mass is 16.7. The molecule has 2 N–H and O–H groups in total. The highest BCUT2D eigenvalue weighted by molar-refractivity contribution is 5.68. The van der Waals surface area contributed by atoms with E-state index in [2.05, 4.69) is 0 Å². The molecule has 25 heavy (non-hydrogen) atoms. The largest absolute Gasteiger partial charge is 0.460 e. The van der Waals surface area contributed by atoms with Crippen molar-refractivity contribution in [3.63, 3.8) is 0 Å². The molecule has 0 aromatic carbocycles. The third kappa shape index (κ3) is 7.06. The smallest absolute Gasteiger partial charge is 0.304 e. The summed E-state index contributed by atoms with van der Waals surface area (Å²) < 4.78 is 25.9. The molecule has 1 heterocycles. The monoisotopic (exact) mass is 361 g/mol. The highest BCUT2D eigenvalue weighted by Gasteiger charge is 2.43. The average Bonchev–Trinajstić information content (AvgIpc) is 2.45. The van der Waals surface area contributed by atoms with Gasteiger partial charge in [-0.3, -0.25) is 19.2 Å². The summed E-state index contributed by atoms with van der Waals surface area (Å²) in [6.45, 7) is 4.55. The Labute approximate surface area is 144 Å². The van der Waals surface area contributed by atoms with Crippen LogP contribution in [0.3, 0.4) is 0 Å². The standard InChI is InChI=1S/C15H23NO9/c1-7(17)22-11-5-12(23-8(2)18)14(24-9(3)19)13(16)15(21-6-11)25-10(4)20/h11-15H,5-6,16H2,1-4H3/t11?,12-,13?,14?,15+/m1/s1. The van der Waals surface area contributed by atoms with Gasteiger partial charge < -0.3 is 29.4 Å². The summed E-state index contributed by atoms with van der Waals surface area (Å²) in [5.41, 5.74) is 6.02. The van der Waals surface area contributed by atoms with Crippen molar-refractivity contribution in [1.82, 2.24) is 0 Å². The quantitative estimate of drug-likeness (QED) is 0.510. The van der Waals surface area contributed by atoms with Crippen LogP contribution in [-0.4, -0.2) is 61.1 Å². The zero-order valence-corrected chi connectivity index (χ0v) is 14.6. The number of nitrogens with two attached hydrogens (primary N) is 1. The number of hydrogen-bond acceptors (Lipinski definition) is 10. The van der Waals surface area contributed by atoms with Crippen LogP contribution >= 0.6 is 0 Å². The van der Waals surface area contributed by atoms with Crippen molar-refractivity contribution in [1.29, 1.82) is 0 Å². The molecular formula is C15H23NO9. The summed E-state index contributed by atoms with van der Waals surface area (Å²) in [5, 5.41) is 0. The predicted molar refractivity (Wildman–Crippen MR) is 80.8 cm³/mol. The molecule has 10 heteroatoms. The Morgan fingerprint density at radius 3 is 1.84 bits per heavy atom. The fourth-order valence-corrected chi connectivity index (χ4v) is 2.44. The molecule has 142 valence electrons. The topological polar surface area (TPSA) is 140 Å². The van der Waals surface area contributed by atoms with Gasteiger partial charge in [0.25, 0.3) is 0 Å². The summed E-state index contributed by atoms with van der Waals surface area (Å²) in [6, 6.07) is -1.12. The first-order valence-corrected chi connectivity index (χ1v) is 7.66. The maximum Gasteiger partial charge on any atom is 0.304 e. The maximum absolute atomic E-state index is 11.4. The van der Waals surface area contributed by atoms with Gasteiger partial charge >= 0.3 is 23.9 Å². The molecule has 0 aromatic rings. The van der Waals surface area contributed by atoms with Gasteiger partial charge in [-0.25, -0.2) is 0 Å². The number of rotatable bonds is 4. The molecule has 1 rings (SSSR count). The van der Waals surface area contributed by atoms with Gasteiger partial charge in [-0.05, 0) is 0 Å². The molecule has 10 nitrogen and oxygen atoms in total. The van der Waals surface area contributed by atoms with Gasteiger partial charge in [0.2, 0.25) is 6.29 Å². The zero-order valence-electron chi connectivity index (χ0n) is 14.6. The van der Waals surface area contributed by atoms with Gasteiger partial charge in [0.05, 0.1) is 6.61 Å². The second kappa shape index (κ2) is 9.33. The van der Waals surface area contributed by atoms with E-state index in [9.17, 15) is 19.2 Å². The lowest BCUT2D eigenvalue weighted by Gasteiger charge is -2.37. The van der Waals surface area contributed by atoms with E-state index < -0.39 is 54.5 Å². The summed E-state index contributed by atoms with van der Waals surface area (Å²) in [7, 11) is 0. The Morgan fingerprint density at radius 1 is 0.840 bits per heavy atom. The van der Waals surface area contributed by atoms with Gasteiger partial charge in [0, 0.05) is 34.1 Å². The number of carbonyl (C=O) groups excluding carboxylic acids is 4. The van der Waals surface area contributed by atoms with Gasteiger partial charge in [-0.15, -0.1) is 0 Å². The van der Waals surface area contributed by atoms with Crippen molar-refractivity contribution in [3.8, 4) is 0 Å². The lowest BCUT2D eigenvalue weighted by atomic mass is 9.98. The fraction of sp³-hybridized carbons (Fsp3) is 0.733. The molecule has 0 spiro atoms. The lowest BCUT2D eigenvalue weighted by Crippen LogP contribution is -2.58. The third-order valence-electron chi connectivity index (χ3n) is 3.24. The van der Waals surface area contributed by atoms with E-state index in [1.807, 2.05) is 0 Å². The number of hydrogen-bond donors (Lipinski definition) is 1. The first-order chi connectivity index (χ1) is 11.6. The third-order valence-corrected chi connectivity index (χ3v) is 3.24. The van der Waals surface area contributed by atoms with Crippen molar-refractivity contribution in [3.05, 3.63) is 0 Å². The van der Waals surface area contributed by atoms with Gasteiger partial charge in [0.15, 0.2) is 6.10 Å². The molecular weight excluding hydrogens is 338 g/mol. The van der Waals surface area contributed by atoms with Crippen LogP contribution < -0.4 is 5.73 Å². The van der Waals surface area contributed by atoms with Crippen LogP contribution in [0.1, 0.15) is 34.1 Å². The Bertz CT molecular complexity index is 521. The van der Waals surface area contributed by atoms with E-state index in [1.54, 1.807) is 0 Å². The Balaban J connectivity index is 3.15.